The van der Waals surface area contributed by atoms with Crippen molar-refractivity contribution in [3.63, 3.8) is 0 Å². The largest absolute Gasteiger partial charge is 0.325 e. The van der Waals surface area contributed by atoms with Crippen LogP contribution in [0.1, 0.15) is 19.4 Å². The predicted octanol–water partition coefficient (Wildman–Crippen LogP) is 1.95. The van der Waals surface area contributed by atoms with Crippen LogP contribution in [0.3, 0.4) is 0 Å². The molecule has 5 heteroatoms. The van der Waals surface area contributed by atoms with E-state index < -0.39 is 28.0 Å². The van der Waals surface area contributed by atoms with Gasteiger partial charge in [-0.25, -0.2) is 8.78 Å². The van der Waals surface area contributed by atoms with Crippen molar-refractivity contribution in [2.75, 3.05) is 5.75 Å². The molecule has 0 bridgehead atoms. The van der Waals surface area contributed by atoms with E-state index in [2.05, 4.69) is 0 Å². The molecular formula is C11H15F2NOS. The Morgan fingerprint density at radius 3 is 2.56 bits per heavy atom. The van der Waals surface area contributed by atoms with Crippen LogP contribution in [0.2, 0.25) is 0 Å². The first-order valence-corrected chi connectivity index (χ1v) is 6.35. The van der Waals surface area contributed by atoms with Gasteiger partial charge in [-0.1, -0.05) is 12.1 Å². The quantitative estimate of drug-likeness (QED) is 0.883. The lowest BCUT2D eigenvalue weighted by atomic mass is 10.1. The molecule has 0 spiro atoms. The van der Waals surface area contributed by atoms with E-state index in [9.17, 15) is 13.0 Å². The number of halogens is 2. The average Bonchev–Trinajstić information content (AvgIpc) is 2.09. The van der Waals surface area contributed by atoms with Crippen LogP contribution >= 0.6 is 0 Å². The molecule has 1 aromatic carbocycles. The molecule has 90 valence electrons. The summed E-state index contributed by atoms with van der Waals surface area (Å²) in [6.07, 6.45) is 0. The fourth-order valence-electron chi connectivity index (χ4n) is 1.30. The van der Waals surface area contributed by atoms with E-state index in [1.807, 2.05) is 0 Å². The highest BCUT2D eigenvalue weighted by atomic mass is 32.2. The smallest absolute Gasteiger partial charge is 0.162 e. The van der Waals surface area contributed by atoms with Crippen LogP contribution in [0.5, 0.6) is 0 Å². The predicted molar refractivity (Wildman–Crippen MR) is 61.3 cm³/mol. The maximum atomic E-state index is 13.3. The molecule has 0 fully saturated rings. The standard InChI is InChI=1S/C11H15F2NOS/c1-11(2,14)7-16(15)6-8-4-3-5-9(12)10(8)13/h3-5H,6-7,14H2,1-2H3. The van der Waals surface area contributed by atoms with Crippen LogP contribution < -0.4 is 5.73 Å². The van der Waals surface area contributed by atoms with Gasteiger partial charge in [0.05, 0.1) is 5.75 Å². The lowest BCUT2D eigenvalue weighted by Crippen LogP contribution is -2.38. The SMILES string of the molecule is CC(C)(N)CS(=O)Cc1cccc(F)c1F. The van der Waals surface area contributed by atoms with Gasteiger partial charge in [0.25, 0.3) is 0 Å². The van der Waals surface area contributed by atoms with E-state index in [1.165, 1.54) is 12.1 Å². The number of hydrogen-bond acceptors (Lipinski definition) is 2. The van der Waals surface area contributed by atoms with E-state index >= 15 is 0 Å². The van der Waals surface area contributed by atoms with Gasteiger partial charge in [0.1, 0.15) is 0 Å². The minimum absolute atomic E-state index is 0.00970. The fourth-order valence-corrected chi connectivity index (χ4v) is 2.80. The van der Waals surface area contributed by atoms with Crippen molar-refractivity contribution >= 4 is 10.8 Å². The summed E-state index contributed by atoms with van der Waals surface area (Å²) in [5.74, 6) is -1.60. The Morgan fingerprint density at radius 1 is 1.38 bits per heavy atom. The molecule has 0 aliphatic carbocycles. The highest BCUT2D eigenvalue weighted by Crippen LogP contribution is 2.14. The van der Waals surface area contributed by atoms with Crippen molar-refractivity contribution < 1.29 is 13.0 Å². The van der Waals surface area contributed by atoms with Crippen LogP contribution in [0.25, 0.3) is 0 Å². The first-order chi connectivity index (χ1) is 7.29. The first kappa shape index (κ1) is 13.3. The van der Waals surface area contributed by atoms with E-state index in [1.54, 1.807) is 13.8 Å². The minimum atomic E-state index is -1.29. The third-order valence-corrected chi connectivity index (χ3v) is 3.58. The second-order valence-electron chi connectivity index (χ2n) is 4.43. The van der Waals surface area contributed by atoms with E-state index in [-0.39, 0.29) is 17.1 Å². The molecule has 0 heterocycles. The topological polar surface area (TPSA) is 43.1 Å². The van der Waals surface area contributed by atoms with Gasteiger partial charge in [0, 0.05) is 27.7 Å². The van der Waals surface area contributed by atoms with Crippen LogP contribution in [-0.4, -0.2) is 15.5 Å². The molecular weight excluding hydrogens is 232 g/mol. The Labute approximate surface area is 96.3 Å². The van der Waals surface area contributed by atoms with Crippen molar-refractivity contribution in [2.24, 2.45) is 5.73 Å². The van der Waals surface area contributed by atoms with Gasteiger partial charge in [-0.2, -0.15) is 0 Å². The molecule has 0 amide bonds. The van der Waals surface area contributed by atoms with Gasteiger partial charge >= 0.3 is 0 Å². The zero-order valence-corrected chi connectivity index (χ0v) is 10.1. The van der Waals surface area contributed by atoms with Crippen LogP contribution in [0, 0.1) is 11.6 Å². The van der Waals surface area contributed by atoms with Gasteiger partial charge in [0.15, 0.2) is 11.6 Å². The molecule has 0 aromatic heterocycles. The molecule has 0 aliphatic rings. The van der Waals surface area contributed by atoms with Gasteiger partial charge < -0.3 is 5.73 Å². The second kappa shape index (κ2) is 5.01. The molecule has 1 atom stereocenters. The Morgan fingerprint density at radius 2 is 2.00 bits per heavy atom. The lowest BCUT2D eigenvalue weighted by molar-refractivity contribution is 0.502. The Balaban J connectivity index is 2.74. The summed E-state index contributed by atoms with van der Waals surface area (Å²) in [6, 6.07) is 3.87. The highest BCUT2D eigenvalue weighted by molar-refractivity contribution is 7.84. The Hall–Kier alpha value is -0.810. The number of hydrogen-bond donors (Lipinski definition) is 1. The van der Waals surface area contributed by atoms with E-state index in [4.69, 9.17) is 5.73 Å². The highest BCUT2D eigenvalue weighted by Gasteiger charge is 2.17. The lowest BCUT2D eigenvalue weighted by Gasteiger charge is -2.17. The Kier molecular flexibility index (Phi) is 4.15. The van der Waals surface area contributed by atoms with Crippen molar-refractivity contribution in [2.45, 2.75) is 25.1 Å². The van der Waals surface area contributed by atoms with Gasteiger partial charge in [-0.3, -0.25) is 4.21 Å². The summed E-state index contributed by atoms with van der Waals surface area (Å²) in [6.45, 7) is 3.49. The molecule has 1 unspecified atom stereocenters. The van der Waals surface area contributed by atoms with Gasteiger partial charge in [0.2, 0.25) is 0 Å². The van der Waals surface area contributed by atoms with Crippen LogP contribution in [-0.2, 0) is 16.6 Å². The van der Waals surface area contributed by atoms with Crippen molar-refractivity contribution in [1.29, 1.82) is 0 Å². The molecule has 0 saturated heterocycles. The zero-order valence-electron chi connectivity index (χ0n) is 9.30. The Bertz CT molecular complexity index is 401. The van der Waals surface area contributed by atoms with Crippen LogP contribution in [0.4, 0.5) is 8.78 Å². The molecule has 1 aromatic rings. The summed E-state index contributed by atoms with van der Waals surface area (Å²) in [5, 5.41) is 0. The number of rotatable bonds is 4. The molecule has 0 saturated carbocycles. The number of benzene rings is 1. The molecule has 0 aliphatic heterocycles. The first-order valence-electron chi connectivity index (χ1n) is 4.86. The van der Waals surface area contributed by atoms with E-state index in [0.29, 0.717) is 0 Å². The fraction of sp³-hybridized carbons (Fsp3) is 0.455. The average molecular weight is 247 g/mol. The maximum absolute atomic E-state index is 13.3. The van der Waals surface area contributed by atoms with Crippen LogP contribution in [0.15, 0.2) is 18.2 Å². The normalized spacial score (nSPS) is 13.8. The molecule has 0 radical (unpaired) electrons. The van der Waals surface area contributed by atoms with Crippen molar-refractivity contribution in [3.05, 3.63) is 35.4 Å². The summed E-state index contributed by atoms with van der Waals surface area (Å²) in [7, 11) is -1.29. The summed E-state index contributed by atoms with van der Waals surface area (Å²) in [4.78, 5) is 0. The minimum Gasteiger partial charge on any atom is -0.325 e. The third-order valence-electron chi connectivity index (χ3n) is 1.88. The monoisotopic (exact) mass is 247 g/mol. The summed E-state index contributed by atoms with van der Waals surface area (Å²) < 4.78 is 37.8. The van der Waals surface area contributed by atoms with Gasteiger partial charge in [-0.15, -0.1) is 0 Å². The second-order valence-corrected chi connectivity index (χ2v) is 5.89. The van der Waals surface area contributed by atoms with Crippen molar-refractivity contribution in [3.8, 4) is 0 Å². The molecule has 1 rings (SSSR count). The van der Waals surface area contributed by atoms with Crippen molar-refractivity contribution in [1.82, 2.24) is 0 Å². The molecule has 2 nitrogen and oxygen atoms in total. The van der Waals surface area contributed by atoms with Gasteiger partial charge in [-0.05, 0) is 19.9 Å². The summed E-state index contributed by atoms with van der Waals surface area (Å²) >= 11 is 0. The zero-order chi connectivity index (χ0) is 12.3. The molecule has 2 N–H and O–H groups in total. The maximum Gasteiger partial charge on any atom is 0.162 e. The molecule has 16 heavy (non-hydrogen) atoms. The van der Waals surface area contributed by atoms with E-state index in [0.717, 1.165) is 6.07 Å². The number of nitrogens with two attached hydrogens (primary N) is 1. The summed E-state index contributed by atoms with van der Waals surface area (Å²) in [5.41, 5.74) is 5.25. The third kappa shape index (κ3) is 3.98.